The van der Waals surface area contributed by atoms with Crippen LogP contribution in [-0.4, -0.2) is 22.7 Å². The third-order valence-corrected chi connectivity index (χ3v) is 3.29. The Morgan fingerprint density at radius 2 is 2.17 bits per heavy atom. The van der Waals surface area contributed by atoms with E-state index in [4.69, 9.17) is 4.42 Å². The molecule has 3 rings (SSSR count). The maximum Gasteiger partial charge on any atom is 0.387 e. The standard InChI is InChI=1S/C16H13F2N3O3/c1-9-4-2-5-13(24-16(17)18)14(9)19-15(22)11-8-10(20-21-11)12-6-3-7-23-12/h2-8,16H,1H3,(H,19,22)(H,20,21). The van der Waals surface area contributed by atoms with Crippen molar-refractivity contribution in [1.29, 1.82) is 0 Å². The van der Waals surface area contributed by atoms with Crippen LogP contribution < -0.4 is 10.1 Å². The van der Waals surface area contributed by atoms with E-state index in [1.54, 1.807) is 31.2 Å². The molecule has 0 aliphatic rings. The normalized spacial score (nSPS) is 10.8. The topological polar surface area (TPSA) is 80.1 Å². The van der Waals surface area contributed by atoms with E-state index in [0.29, 0.717) is 17.0 Å². The first-order chi connectivity index (χ1) is 11.5. The Kier molecular flexibility index (Phi) is 4.28. The lowest BCUT2D eigenvalue weighted by Crippen LogP contribution is -2.15. The second-order valence-electron chi connectivity index (χ2n) is 4.92. The fourth-order valence-electron chi connectivity index (χ4n) is 2.17. The Morgan fingerprint density at radius 1 is 1.33 bits per heavy atom. The van der Waals surface area contributed by atoms with Crippen LogP contribution in [0.25, 0.3) is 11.5 Å². The first kappa shape index (κ1) is 15.7. The second-order valence-corrected chi connectivity index (χ2v) is 4.92. The number of carbonyl (C=O) groups excluding carboxylic acids is 1. The van der Waals surface area contributed by atoms with Crippen LogP contribution in [0, 0.1) is 6.92 Å². The number of nitrogens with one attached hydrogen (secondary N) is 2. The zero-order chi connectivity index (χ0) is 17.1. The SMILES string of the molecule is Cc1cccc(OC(F)F)c1NC(=O)c1cc(-c2ccco2)[nH]n1. The summed E-state index contributed by atoms with van der Waals surface area (Å²) in [6.07, 6.45) is 1.50. The number of aromatic nitrogens is 2. The maximum absolute atomic E-state index is 12.5. The molecule has 0 spiro atoms. The minimum atomic E-state index is -2.99. The quantitative estimate of drug-likeness (QED) is 0.743. The van der Waals surface area contributed by atoms with Crippen LogP contribution in [0.5, 0.6) is 5.75 Å². The van der Waals surface area contributed by atoms with Crippen molar-refractivity contribution < 1.29 is 22.7 Å². The molecule has 24 heavy (non-hydrogen) atoms. The van der Waals surface area contributed by atoms with Gasteiger partial charge in [0.15, 0.2) is 11.5 Å². The van der Waals surface area contributed by atoms with Crippen molar-refractivity contribution in [2.75, 3.05) is 5.32 Å². The lowest BCUT2D eigenvalue weighted by molar-refractivity contribution is -0.0493. The van der Waals surface area contributed by atoms with E-state index in [9.17, 15) is 13.6 Å². The van der Waals surface area contributed by atoms with Crippen molar-refractivity contribution in [3.63, 3.8) is 0 Å². The number of furan rings is 1. The second kappa shape index (κ2) is 6.53. The zero-order valence-electron chi connectivity index (χ0n) is 12.5. The molecule has 0 unspecified atom stereocenters. The number of rotatable bonds is 5. The summed E-state index contributed by atoms with van der Waals surface area (Å²) in [5.74, 6) is -0.142. The number of ether oxygens (including phenoxy) is 1. The van der Waals surface area contributed by atoms with Gasteiger partial charge in [0.25, 0.3) is 5.91 Å². The van der Waals surface area contributed by atoms with E-state index in [1.165, 1.54) is 18.4 Å². The van der Waals surface area contributed by atoms with Gasteiger partial charge in [0, 0.05) is 6.07 Å². The molecule has 0 saturated carbocycles. The molecule has 8 heteroatoms. The third-order valence-electron chi connectivity index (χ3n) is 3.29. The number of para-hydroxylation sites is 1. The highest BCUT2D eigenvalue weighted by atomic mass is 19.3. The number of benzene rings is 1. The largest absolute Gasteiger partial charge is 0.463 e. The summed E-state index contributed by atoms with van der Waals surface area (Å²) in [5.41, 5.74) is 1.38. The summed E-state index contributed by atoms with van der Waals surface area (Å²) in [6, 6.07) is 9.51. The van der Waals surface area contributed by atoms with Crippen molar-refractivity contribution in [2.45, 2.75) is 13.5 Å². The van der Waals surface area contributed by atoms with Crippen molar-refractivity contribution in [2.24, 2.45) is 0 Å². The molecule has 2 heterocycles. The molecule has 0 fully saturated rings. The monoisotopic (exact) mass is 333 g/mol. The number of halogens is 2. The Bertz CT molecular complexity index is 844. The van der Waals surface area contributed by atoms with Crippen molar-refractivity contribution in [3.8, 4) is 17.2 Å². The number of amides is 1. The predicted octanol–water partition coefficient (Wildman–Crippen LogP) is 3.83. The molecule has 2 N–H and O–H groups in total. The highest BCUT2D eigenvalue weighted by Crippen LogP contribution is 2.30. The molecule has 0 radical (unpaired) electrons. The molecule has 0 atom stereocenters. The van der Waals surface area contributed by atoms with Crippen LogP contribution in [0.1, 0.15) is 16.1 Å². The molecule has 0 aliphatic heterocycles. The van der Waals surface area contributed by atoms with E-state index in [-0.39, 0.29) is 17.1 Å². The van der Waals surface area contributed by atoms with Crippen LogP contribution in [-0.2, 0) is 0 Å². The van der Waals surface area contributed by atoms with Gasteiger partial charge in [-0.1, -0.05) is 12.1 Å². The predicted molar refractivity (Wildman–Crippen MR) is 82.1 cm³/mol. The van der Waals surface area contributed by atoms with Crippen LogP contribution in [0.15, 0.2) is 47.1 Å². The van der Waals surface area contributed by atoms with E-state index in [0.717, 1.165) is 0 Å². The smallest absolute Gasteiger partial charge is 0.387 e. The lowest BCUT2D eigenvalue weighted by Gasteiger charge is -2.13. The molecule has 3 aromatic rings. The zero-order valence-corrected chi connectivity index (χ0v) is 12.5. The van der Waals surface area contributed by atoms with Gasteiger partial charge in [-0.2, -0.15) is 13.9 Å². The molecule has 0 aliphatic carbocycles. The molecule has 124 valence electrons. The number of hydrogen-bond acceptors (Lipinski definition) is 4. The fourth-order valence-corrected chi connectivity index (χ4v) is 2.17. The number of aryl methyl sites for hydroxylation is 1. The molecular weight excluding hydrogens is 320 g/mol. The summed E-state index contributed by atoms with van der Waals surface area (Å²) in [5, 5.41) is 9.13. The number of H-pyrrole nitrogens is 1. The Balaban J connectivity index is 1.83. The Hall–Kier alpha value is -3.16. The summed E-state index contributed by atoms with van der Waals surface area (Å²) in [7, 11) is 0. The first-order valence-electron chi connectivity index (χ1n) is 6.99. The van der Waals surface area contributed by atoms with E-state index in [1.807, 2.05) is 0 Å². The molecule has 2 aromatic heterocycles. The Labute approximate surface area is 135 Å². The van der Waals surface area contributed by atoms with Gasteiger partial charge in [-0.3, -0.25) is 9.89 Å². The molecule has 1 amide bonds. The maximum atomic E-state index is 12.5. The van der Waals surface area contributed by atoms with Crippen LogP contribution in [0.3, 0.4) is 0 Å². The number of carbonyl (C=O) groups is 1. The number of hydrogen-bond donors (Lipinski definition) is 2. The molecule has 6 nitrogen and oxygen atoms in total. The summed E-state index contributed by atoms with van der Waals surface area (Å²) < 4.78 is 34.6. The summed E-state index contributed by atoms with van der Waals surface area (Å²) >= 11 is 0. The van der Waals surface area contributed by atoms with E-state index < -0.39 is 12.5 Å². The van der Waals surface area contributed by atoms with Gasteiger partial charge in [-0.15, -0.1) is 0 Å². The van der Waals surface area contributed by atoms with E-state index >= 15 is 0 Å². The number of alkyl halides is 2. The van der Waals surface area contributed by atoms with Crippen molar-refractivity contribution in [3.05, 3.63) is 53.9 Å². The molecule has 0 bridgehead atoms. The average molecular weight is 333 g/mol. The van der Waals surface area contributed by atoms with Crippen molar-refractivity contribution in [1.82, 2.24) is 10.2 Å². The van der Waals surface area contributed by atoms with Crippen LogP contribution in [0.2, 0.25) is 0 Å². The van der Waals surface area contributed by atoms with Gasteiger partial charge in [-0.05, 0) is 30.7 Å². The van der Waals surface area contributed by atoms with Gasteiger partial charge in [-0.25, -0.2) is 0 Å². The number of aromatic amines is 1. The average Bonchev–Trinajstić information content (AvgIpc) is 3.20. The highest BCUT2D eigenvalue weighted by molar-refractivity contribution is 6.04. The fraction of sp³-hybridized carbons (Fsp3) is 0.125. The number of anilines is 1. The first-order valence-corrected chi connectivity index (χ1v) is 6.99. The van der Waals surface area contributed by atoms with Gasteiger partial charge in [0.05, 0.1) is 12.0 Å². The molecular formula is C16H13F2N3O3. The lowest BCUT2D eigenvalue weighted by atomic mass is 10.2. The third kappa shape index (κ3) is 3.27. The van der Waals surface area contributed by atoms with Crippen LogP contribution >= 0.6 is 0 Å². The molecule has 0 saturated heterocycles. The molecule has 1 aromatic carbocycles. The summed E-state index contributed by atoms with van der Waals surface area (Å²) in [6.45, 7) is -1.31. The minimum Gasteiger partial charge on any atom is -0.463 e. The van der Waals surface area contributed by atoms with Gasteiger partial charge in [0.2, 0.25) is 0 Å². The number of nitrogens with zero attached hydrogens (tertiary/aromatic N) is 1. The Morgan fingerprint density at radius 3 is 2.88 bits per heavy atom. The summed E-state index contributed by atoms with van der Waals surface area (Å²) in [4.78, 5) is 12.3. The van der Waals surface area contributed by atoms with Crippen molar-refractivity contribution >= 4 is 11.6 Å². The highest BCUT2D eigenvalue weighted by Gasteiger charge is 2.17. The minimum absolute atomic E-state index is 0.0904. The van der Waals surface area contributed by atoms with Gasteiger partial charge >= 0.3 is 6.61 Å². The van der Waals surface area contributed by atoms with E-state index in [2.05, 4.69) is 20.3 Å². The van der Waals surface area contributed by atoms with Crippen LogP contribution in [0.4, 0.5) is 14.5 Å². The van der Waals surface area contributed by atoms with Gasteiger partial charge in [0.1, 0.15) is 11.4 Å². The van der Waals surface area contributed by atoms with Gasteiger partial charge < -0.3 is 14.5 Å².